The van der Waals surface area contributed by atoms with E-state index in [1.165, 1.54) is 50.6 Å². The first-order valence-corrected chi connectivity index (χ1v) is 10.8. The van der Waals surface area contributed by atoms with Crippen molar-refractivity contribution in [2.24, 2.45) is 5.92 Å². The van der Waals surface area contributed by atoms with Gasteiger partial charge in [-0.25, -0.2) is 0 Å². The van der Waals surface area contributed by atoms with Crippen molar-refractivity contribution in [3.63, 3.8) is 0 Å². The number of thiophene rings is 1. The summed E-state index contributed by atoms with van der Waals surface area (Å²) in [6, 6.07) is 2.48. The Labute approximate surface area is 163 Å². The summed E-state index contributed by atoms with van der Waals surface area (Å²) in [6.45, 7) is 2.02. The number of methoxy groups -OCH3 is 1. The maximum absolute atomic E-state index is 12.8. The van der Waals surface area contributed by atoms with Crippen LogP contribution in [0.2, 0.25) is 0 Å². The lowest BCUT2D eigenvalue weighted by molar-refractivity contribution is -0.145. The summed E-state index contributed by atoms with van der Waals surface area (Å²) in [5.74, 6) is -0.303. The first-order valence-electron chi connectivity index (χ1n) is 9.94. The highest BCUT2D eigenvalue weighted by Crippen LogP contribution is 2.35. The molecule has 2 aromatic rings. The van der Waals surface area contributed by atoms with Crippen LogP contribution in [0.3, 0.4) is 0 Å². The Morgan fingerprint density at radius 1 is 1.22 bits per heavy atom. The zero-order valence-corrected chi connectivity index (χ0v) is 16.8. The van der Waals surface area contributed by atoms with Crippen LogP contribution >= 0.6 is 11.3 Å². The van der Waals surface area contributed by atoms with Gasteiger partial charge >= 0.3 is 5.97 Å². The van der Waals surface area contributed by atoms with E-state index in [9.17, 15) is 9.59 Å². The highest BCUT2D eigenvalue weighted by atomic mass is 32.1. The number of aryl methyl sites for hydroxylation is 1. The molecule has 2 saturated carbocycles. The van der Waals surface area contributed by atoms with Crippen LogP contribution in [-0.2, 0) is 9.53 Å². The van der Waals surface area contributed by atoms with E-state index in [0.29, 0.717) is 12.5 Å². The molecule has 2 aliphatic carbocycles. The van der Waals surface area contributed by atoms with E-state index in [-0.39, 0.29) is 23.8 Å². The minimum absolute atomic E-state index is 0.0405. The monoisotopic (exact) mass is 389 g/mol. The molecule has 0 aliphatic heterocycles. The Hall–Kier alpha value is -1.89. The smallest absolute Gasteiger partial charge is 0.308 e. The third-order valence-corrected chi connectivity index (χ3v) is 7.14. The molecule has 4 rings (SSSR count). The zero-order valence-electron chi connectivity index (χ0n) is 16.0. The number of hydrogen-bond acceptors (Lipinski definition) is 5. The van der Waals surface area contributed by atoms with Crippen molar-refractivity contribution in [1.29, 1.82) is 0 Å². The number of fused-ring (bicyclic) bond motifs is 1. The number of nitrogens with zero attached hydrogens (tertiary/aromatic N) is 2. The third-order valence-electron chi connectivity index (χ3n) is 6.01. The summed E-state index contributed by atoms with van der Waals surface area (Å²) < 4.78 is 6.99. The molecular weight excluding hydrogens is 362 g/mol. The van der Waals surface area contributed by atoms with E-state index in [0.717, 1.165) is 33.6 Å². The molecule has 0 aromatic carbocycles. The van der Waals surface area contributed by atoms with Crippen LogP contribution in [-0.4, -0.2) is 34.8 Å². The fraction of sp³-hybridized carbons (Fsp3) is 0.650. The topological polar surface area (TPSA) is 73.2 Å². The second-order valence-electron chi connectivity index (χ2n) is 7.85. The third kappa shape index (κ3) is 3.61. The summed E-state index contributed by atoms with van der Waals surface area (Å²) in [7, 11) is 1.42. The van der Waals surface area contributed by atoms with Gasteiger partial charge in [0.2, 0.25) is 0 Å². The number of aromatic nitrogens is 2. The van der Waals surface area contributed by atoms with E-state index in [4.69, 9.17) is 9.84 Å². The molecule has 0 bridgehead atoms. The van der Waals surface area contributed by atoms with Crippen molar-refractivity contribution in [1.82, 2.24) is 15.1 Å². The highest BCUT2D eigenvalue weighted by molar-refractivity contribution is 7.20. The predicted molar refractivity (Wildman–Crippen MR) is 105 cm³/mol. The number of ether oxygens (including phenoxy) is 1. The molecule has 2 atom stereocenters. The van der Waals surface area contributed by atoms with Crippen molar-refractivity contribution in [3.8, 4) is 0 Å². The number of carbonyl (C=O) groups is 2. The summed E-state index contributed by atoms with van der Waals surface area (Å²) in [5.41, 5.74) is 0.998. The van der Waals surface area contributed by atoms with Crippen LogP contribution < -0.4 is 5.32 Å². The second-order valence-corrected chi connectivity index (χ2v) is 8.89. The molecule has 1 N–H and O–H groups in total. The van der Waals surface area contributed by atoms with Crippen LogP contribution in [0.25, 0.3) is 10.2 Å². The largest absolute Gasteiger partial charge is 0.469 e. The maximum Gasteiger partial charge on any atom is 0.308 e. The Morgan fingerprint density at radius 3 is 2.74 bits per heavy atom. The summed E-state index contributed by atoms with van der Waals surface area (Å²) in [4.78, 5) is 26.3. The molecule has 2 heterocycles. The van der Waals surface area contributed by atoms with Gasteiger partial charge in [-0.05, 0) is 45.1 Å². The minimum Gasteiger partial charge on any atom is -0.469 e. The molecular formula is C20H27N3O3S. The van der Waals surface area contributed by atoms with Gasteiger partial charge in [0.25, 0.3) is 5.91 Å². The van der Waals surface area contributed by atoms with E-state index in [1.54, 1.807) is 0 Å². The lowest BCUT2D eigenvalue weighted by Gasteiger charge is -2.22. The molecule has 2 aliphatic rings. The molecule has 0 spiro atoms. The molecule has 27 heavy (non-hydrogen) atoms. The Bertz CT molecular complexity index is 850. The van der Waals surface area contributed by atoms with E-state index in [1.807, 2.05) is 13.0 Å². The van der Waals surface area contributed by atoms with Crippen molar-refractivity contribution in [3.05, 3.63) is 16.6 Å². The average Bonchev–Trinajstić information content (AvgIpc) is 3.39. The van der Waals surface area contributed by atoms with Crippen LogP contribution in [0.5, 0.6) is 0 Å². The number of hydrogen-bond donors (Lipinski definition) is 1. The van der Waals surface area contributed by atoms with Gasteiger partial charge in [0.15, 0.2) is 0 Å². The number of nitrogens with one attached hydrogen (secondary N) is 1. The van der Waals surface area contributed by atoms with Gasteiger partial charge in [0.1, 0.15) is 4.83 Å². The molecule has 1 unspecified atom stereocenters. The van der Waals surface area contributed by atoms with Crippen molar-refractivity contribution >= 4 is 33.4 Å². The van der Waals surface area contributed by atoms with Gasteiger partial charge in [-0.3, -0.25) is 14.3 Å². The van der Waals surface area contributed by atoms with Gasteiger partial charge in [0.05, 0.1) is 29.6 Å². The second kappa shape index (κ2) is 7.62. The Balaban J connectivity index is 1.49. The molecule has 0 saturated heterocycles. The first kappa shape index (κ1) is 18.5. The molecule has 0 radical (unpaired) electrons. The minimum atomic E-state index is -0.170. The summed E-state index contributed by atoms with van der Waals surface area (Å²) in [5, 5.41) is 8.96. The van der Waals surface area contributed by atoms with Crippen LogP contribution in [0.1, 0.15) is 72.8 Å². The number of carbonyl (C=O) groups excluding carboxylic acids is 2. The average molecular weight is 390 g/mol. The standard InChI is InChI=1S/C20H27N3O3S/c1-12-16-11-17(18(24)21-14-9-8-13(10-14)20(25)26-2)27-19(16)23(22-12)15-6-4-3-5-7-15/h11,13-15H,3-10H2,1-2H3,(H,21,24)/t13?,14-/m1/s1. The summed E-state index contributed by atoms with van der Waals surface area (Å²) in [6.07, 6.45) is 8.44. The fourth-order valence-electron chi connectivity index (χ4n) is 4.51. The Kier molecular flexibility index (Phi) is 5.21. The molecule has 2 aromatic heterocycles. The van der Waals surface area contributed by atoms with E-state index >= 15 is 0 Å². The SMILES string of the molecule is COC(=O)C1CC[C@@H](NC(=O)c2cc3c(C)nn(C4CCCCC4)c3s2)C1. The van der Waals surface area contributed by atoms with Gasteiger partial charge in [-0.1, -0.05) is 19.3 Å². The number of rotatable bonds is 4. The van der Waals surface area contributed by atoms with Crippen LogP contribution in [0.4, 0.5) is 0 Å². The van der Waals surface area contributed by atoms with Gasteiger partial charge in [0, 0.05) is 11.4 Å². The lowest BCUT2D eigenvalue weighted by atomic mass is 9.96. The molecule has 7 heteroatoms. The van der Waals surface area contributed by atoms with Crippen LogP contribution in [0, 0.1) is 12.8 Å². The normalized spacial score (nSPS) is 23.6. The van der Waals surface area contributed by atoms with Gasteiger partial charge in [-0.15, -0.1) is 11.3 Å². The maximum atomic E-state index is 12.8. The van der Waals surface area contributed by atoms with Crippen LogP contribution in [0.15, 0.2) is 6.07 Å². The zero-order chi connectivity index (χ0) is 19.0. The van der Waals surface area contributed by atoms with Crippen molar-refractivity contribution < 1.29 is 14.3 Å². The fourth-order valence-corrected chi connectivity index (χ4v) is 5.64. The molecule has 6 nitrogen and oxygen atoms in total. The summed E-state index contributed by atoms with van der Waals surface area (Å²) >= 11 is 1.54. The highest BCUT2D eigenvalue weighted by Gasteiger charge is 2.32. The molecule has 2 fully saturated rings. The first-order chi connectivity index (χ1) is 13.1. The van der Waals surface area contributed by atoms with Crippen molar-refractivity contribution in [2.45, 2.75) is 70.4 Å². The van der Waals surface area contributed by atoms with Crippen molar-refractivity contribution in [2.75, 3.05) is 7.11 Å². The molecule has 1 amide bonds. The lowest BCUT2D eigenvalue weighted by Crippen LogP contribution is -2.32. The number of esters is 1. The Morgan fingerprint density at radius 2 is 2.00 bits per heavy atom. The van der Waals surface area contributed by atoms with E-state index < -0.39 is 0 Å². The van der Waals surface area contributed by atoms with Gasteiger partial charge < -0.3 is 10.1 Å². The molecule has 146 valence electrons. The number of amides is 1. The quantitative estimate of drug-likeness (QED) is 0.803. The van der Waals surface area contributed by atoms with E-state index in [2.05, 4.69) is 10.00 Å². The van der Waals surface area contributed by atoms with Gasteiger partial charge in [-0.2, -0.15) is 5.10 Å². The predicted octanol–water partition coefficient (Wildman–Crippen LogP) is 3.98.